The van der Waals surface area contributed by atoms with Crippen molar-refractivity contribution in [2.75, 3.05) is 0 Å². The van der Waals surface area contributed by atoms with Crippen LogP contribution in [0.3, 0.4) is 0 Å². The maximum atomic E-state index is 7.20. The Hall–Kier alpha value is -2.85. The topological polar surface area (TPSA) is 229 Å². The van der Waals surface area contributed by atoms with Crippen LogP contribution in [0.1, 0.15) is 0 Å². The molecule has 16 heavy (non-hydrogen) atoms. The lowest BCUT2D eigenvalue weighted by molar-refractivity contribution is 1.31. The number of nitrogens with zero attached hydrogens (tertiary/aromatic N) is 4. The number of aliphatic imine (C=N–C) groups is 4. The van der Waals surface area contributed by atoms with Gasteiger partial charge in [0.2, 0.25) is 17.9 Å². The molecule has 0 saturated heterocycles. The SMILES string of the molecule is N=C(/N=C(\N)N=C(N)N)/N=C(\N)N=C(N)N. The molecule has 0 unspecified atom stereocenters. The van der Waals surface area contributed by atoms with E-state index < -0.39 is 5.96 Å². The van der Waals surface area contributed by atoms with Crippen LogP contribution in [-0.4, -0.2) is 29.8 Å². The van der Waals surface area contributed by atoms with E-state index in [1.165, 1.54) is 0 Å². The zero-order valence-electron chi connectivity index (χ0n) is 8.25. The van der Waals surface area contributed by atoms with Crippen molar-refractivity contribution < 1.29 is 0 Å². The number of guanidine groups is 5. The highest BCUT2D eigenvalue weighted by Gasteiger charge is 1.96. The van der Waals surface area contributed by atoms with Crippen LogP contribution in [0.15, 0.2) is 20.0 Å². The van der Waals surface area contributed by atoms with Gasteiger partial charge in [-0.05, 0) is 0 Å². The quantitative estimate of drug-likeness (QED) is 0.161. The van der Waals surface area contributed by atoms with Gasteiger partial charge in [-0.3, -0.25) is 5.41 Å². The lowest BCUT2D eigenvalue weighted by Gasteiger charge is -1.94. The Kier molecular flexibility index (Phi) is 4.76. The first-order chi connectivity index (χ1) is 7.31. The fraction of sp³-hybridized carbons (Fsp3) is 0. The minimum absolute atomic E-state index is 0.296. The molecule has 0 aliphatic carbocycles. The Morgan fingerprint density at radius 2 is 0.938 bits per heavy atom. The van der Waals surface area contributed by atoms with Gasteiger partial charge in [0, 0.05) is 0 Å². The van der Waals surface area contributed by atoms with E-state index in [9.17, 15) is 0 Å². The number of nitrogens with one attached hydrogen (secondary N) is 1. The van der Waals surface area contributed by atoms with Gasteiger partial charge < -0.3 is 34.4 Å². The highest BCUT2D eigenvalue weighted by Crippen LogP contribution is 1.82. The summed E-state index contributed by atoms with van der Waals surface area (Å²) in [6, 6.07) is 0. The van der Waals surface area contributed by atoms with Gasteiger partial charge in [-0.25, -0.2) is 0 Å². The van der Waals surface area contributed by atoms with Gasteiger partial charge in [-0.15, -0.1) is 0 Å². The highest BCUT2D eigenvalue weighted by atomic mass is 15.2. The van der Waals surface area contributed by atoms with Crippen LogP contribution in [0.5, 0.6) is 0 Å². The second-order valence-corrected chi connectivity index (χ2v) is 2.34. The molecule has 0 fully saturated rings. The fourth-order valence-electron chi connectivity index (χ4n) is 0.557. The lowest BCUT2D eigenvalue weighted by atomic mass is 10.8. The number of hydrogen-bond donors (Lipinski definition) is 7. The van der Waals surface area contributed by atoms with Crippen molar-refractivity contribution in [3.8, 4) is 0 Å². The normalized spacial score (nSPS) is 11.8. The molecule has 88 valence electrons. The third-order valence-corrected chi connectivity index (χ3v) is 0.928. The van der Waals surface area contributed by atoms with Gasteiger partial charge in [0.25, 0.3) is 0 Å². The first kappa shape index (κ1) is 13.1. The molecule has 11 heteroatoms. The minimum Gasteiger partial charge on any atom is -0.370 e. The summed E-state index contributed by atoms with van der Waals surface area (Å²) in [5, 5.41) is 7.20. The van der Waals surface area contributed by atoms with Crippen molar-refractivity contribution in [2.24, 2.45) is 54.4 Å². The summed E-state index contributed by atoms with van der Waals surface area (Å²) in [6.07, 6.45) is 0. The van der Waals surface area contributed by atoms with E-state index in [0.29, 0.717) is 0 Å². The predicted octanol–water partition coefficient (Wildman–Crippen LogP) is -3.90. The third kappa shape index (κ3) is 6.64. The minimum atomic E-state index is -0.551. The Balaban J connectivity index is 4.73. The van der Waals surface area contributed by atoms with Crippen LogP contribution in [0, 0.1) is 5.41 Å². The molecule has 0 aromatic rings. The van der Waals surface area contributed by atoms with E-state index in [4.69, 9.17) is 39.8 Å². The molecule has 0 aliphatic heterocycles. The maximum absolute atomic E-state index is 7.20. The van der Waals surface area contributed by atoms with Gasteiger partial charge in [0.05, 0.1) is 0 Å². The summed E-state index contributed by atoms with van der Waals surface area (Å²) in [5.74, 6) is -1.83. The van der Waals surface area contributed by atoms with Gasteiger partial charge in [0.1, 0.15) is 0 Å². The molecule has 0 amide bonds. The largest absolute Gasteiger partial charge is 0.370 e. The van der Waals surface area contributed by atoms with Crippen LogP contribution >= 0.6 is 0 Å². The summed E-state index contributed by atoms with van der Waals surface area (Å²) in [6.45, 7) is 0. The molecule has 0 bridgehead atoms. The predicted molar refractivity (Wildman–Crippen MR) is 62.6 cm³/mol. The molecule has 0 radical (unpaired) electrons. The summed E-state index contributed by atoms with van der Waals surface area (Å²) < 4.78 is 0. The van der Waals surface area contributed by atoms with E-state index in [0.717, 1.165) is 0 Å². The monoisotopic (exact) mass is 227 g/mol. The second-order valence-electron chi connectivity index (χ2n) is 2.34. The average molecular weight is 227 g/mol. The van der Waals surface area contributed by atoms with E-state index >= 15 is 0 Å². The standard InChI is InChI=1S/C5H13N11/c6-1(7)13-3(10)15-5(12)16-4(11)14-2(8)9/h(H13,6,7,8,9,10,11,12,13,14,15,16). The molecule has 0 aliphatic rings. The van der Waals surface area contributed by atoms with Crippen molar-refractivity contribution >= 4 is 29.8 Å². The molecule has 11 nitrogen and oxygen atoms in total. The number of hydrogen-bond acceptors (Lipinski definition) is 1. The number of nitrogens with two attached hydrogens (primary N) is 6. The summed E-state index contributed by atoms with van der Waals surface area (Å²) in [7, 11) is 0. The lowest BCUT2D eigenvalue weighted by Crippen LogP contribution is -2.27. The van der Waals surface area contributed by atoms with Crippen molar-refractivity contribution in [1.82, 2.24) is 0 Å². The zero-order chi connectivity index (χ0) is 12.7. The van der Waals surface area contributed by atoms with Gasteiger partial charge in [0.15, 0.2) is 11.9 Å². The van der Waals surface area contributed by atoms with Crippen LogP contribution in [0.25, 0.3) is 0 Å². The van der Waals surface area contributed by atoms with Crippen molar-refractivity contribution in [3.05, 3.63) is 0 Å². The van der Waals surface area contributed by atoms with E-state index in [2.05, 4.69) is 20.0 Å². The van der Waals surface area contributed by atoms with E-state index in [1.54, 1.807) is 0 Å². The highest BCUT2D eigenvalue weighted by molar-refractivity contribution is 6.03. The molecule has 0 atom stereocenters. The van der Waals surface area contributed by atoms with Gasteiger partial charge >= 0.3 is 0 Å². The summed E-state index contributed by atoms with van der Waals surface area (Å²) in [4.78, 5) is 13.5. The second kappa shape index (κ2) is 5.79. The first-order valence-corrected chi connectivity index (χ1v) is 3.77. The first-order valence-electron chi connectivity index (χ1n) is 3.77. The zero-order valence-corrected chi connectivity index (χ0v) is 8.25. The third-order valence-electron chi connectivity index (χ3n) is 0.928. The number of rotatable bonds is 0. The van der Waals surface area contributed by atoms with Crippen LogP contribution in [0.4, 0.5) is 0 Å². The van der Waals surface area contributed by atoms with Crippen molar-refractivity contribution in [2.45, 2.75) is 0 Å². The van der Waals surface area contributed by atoms with Gasteiger partial charge in [-0.2, -0.15) is 20.0 Å². The molecule has 13 N–H and O–H groups in total. The molecule has 0 aromatic carbocycles. The maximum Gasteiger partial charge on any atom is 0.248 e. The van der Waals surface area contributed by atoms with Crippen LogP contribution in [-0.2, 0) is 0 Å². The fourth-order valence-corrected chi connectivity index (χ4v) is 0.557. The average Bonchev–Trinajstić information content (AvgIpc) is 1.97. The Labute approximate surface area is 90.5 Å². The van der Waals surface area contributed by atoms with Gasteiger partial charge in [-0.1, -0.05) is 0 Å². The Morgan fingerprint density at radius 3 is 1.19 bits per heavy atom. The smallest absolute Gasteiger partial charge is 0.248 e. The Bertz CT molecular complexity index is 341. The summed E-state index contributed by atoms with van der Waals surface area (Å²) in [5.41, 5.74) is 30.5. The van der Waals surface area contributed by atoms with Crippen LogP contribution < -0.4 is 34.4 Å². The van der Waals surface area contributed by atoms with E-state index in [1.807, 2.05) is 0 Å². The van der Waals surface area contributed by atoms with E-state index in [-0.39, 0.29) is 23.8 Å². The molecule has 0 heterocycles. The molecule has 0 spiro atoms. The molecular weight excluding hydrogens is 214 g/mol. The van der Waals surface area contributed by atoms with Crippen molar-refractivity contribution in [3.63, 3.8) is 0 Å². The van der Waals surface area contributed by atoms with Crippen LogP contribution in [0.2, 0.25) is 0 Å². The molecule has 0 saturated carbocycles. The Morgan fingerprint density at radius 1 is 0.625 bits per heavy atom. The van der Waals surface area contributed by atoms with Crippen molar-refractivity contribution in [1.29, 1.82) is 5.41 Å². The molecule has 0 rings (SSSR count). The molecular formula is C5H13N11. The summed E-state index contributed by atoms with van der Waals surface area (Å²) >= 11 is 0. The molecule has 0 aromatic heterocycles.